The number of nitrogens with zero attached hydrogens (tertiary/aromatic N) is 2. The first-order valence-corrected chi connectivity index (χ1v) is 14.9. The Hall–Kier alpha value is -3.27. The van der Waals surface area contributed by atoms with E-state index in [1.165, 1.54) is 42.3 Å². The quantitative estimate of drug-likeness (QED) is 0.293. The molecule has 0 unspecified atom stereocenters. The topological polar surface area (TPSA) is 96.0 Å². The Morgan fingerprint density at radius 1 is 0.950 bits per heavy atom. The Bertz CT molecular complexity index is 1440. The van der Waals surface area contributed by atoms with Crippen molar-refractivity contribution < 1.29 is 22.7 Å². The molecule has 2 amide bonds. The number of hydrogen-bond acceptors (Lipinski definition) is 5. The van der Waals surface area contributed by atoms with Crippen molar-refractivity contribution in [3.05, 3.63) is 88.4 Å². The first kappa shape index (κ1) is 31.3. The summed E-state index contributed by atoms with van der Waals surface area (Å²) >= 11 is 12.3. The van der Waals surface area contributed by atoms with E-state index in [0.29, 0.717) is 17.7 Å². The molecule has 0 bridgehead atoms. The van der Waals surface area contributed by atoms with E-state index in [0.717, 1.165) is 4.31 Å². The molecule has 0 saturated heterocycles. The molecule has 3 aromatic carbocycles. The summed E-state index contributed by atoms with van der Waals surface area (Å²) in [6.45, 7) is 4.90. The Morgan fingerprint density at radius 3 is 2.27 bits per heavy atom. The molecule has 0 fully saturated rings. The predicted molar refractivity (Wildman–Crippen MR) is 158 cm³/mol. The monoisotopic (exact) mass is 605 g/mol. The first-order valence-electron chi connectivity index (χ1n) is 12.7. The number of nitrogens with one attached hydrogen (secondary N) is 1. The number of benzene rings is 3. The number of halogens is 2. The molecule has 0 saturated carbocycles. The second-order valence-electron chi connectivity index (χ2n) is 9.29. The van der Waals surface area contributed by atoms with Crippen LogP contribution in [0.4, 0.5) is 5.69 Å². The maximum atomic E-state index is 14.0. The van der Waals surface area contributed by atoms with Crippen LogP contribution in [0, 0.1) is 0 Å². The van der Waals surface area contributed by atoms with Crippen molar-refractivity contribution in [1.82, 2.24) is 10.2 Å². The van der Waals surface area contributed by atoms with Crippen molar-refractivity contribution >= 4 is 50.7 Å². The van der Waals surface area contributed by atoms with E-state index in [4.69, 9.17) is 27.9 Å². The highest BCUT2D eigenvalue weighted by atomic mass is 35.5. The van der Waals surface area contributed by atoms with Gasteiger partial charge in [-0.05, 0) is 68.3 Å². The molecule has 0 aromatic heterocycles. The van der Waals surface area contributed by atoms with Crippen molar-refractivity contribution in [2.45, 2.75) is 50.7 Å². The fraction of sp³-hybridized carbons (Fsp3) is 0.310. The Morgan fingerprint density at radius 2 is 1.65 bits per heavy atom. The van der Waals surface area contributed by atoms with Crippen LogP contribution in [0.3, 0.4) is 0 Å². The molecule has 2 atom stereocenters. The van der Waals surface area contributed by atoms with Gasteiger partial charge in [0, 0.05) is 12.6 Å². The predicted octanol–water partition coefficient (Wildman–Crippen LogP) is 5.53. The van der Waals surface area contributed by atoms with Gasteiger partial charge in [0.1, 0.15) is 18.3 Å². The molecule has 214 valence electrons. The van der Waals surface area contributed by atoms with E-state index in [9.17, 15) is 18.0 Å². The third-order valence-electron chi connectivity index (χ3n) is 6.46. The van der Waals surface area contributed by atoms with Crippen LogP contribution in [0.5, 0.6) is 5.75 Å². The minimum Gasteiger partial charge on any atom is -0.497 e. The van der Waals surface area contributed by atoms with E-state index in [1.807, 2.05) is 13.8 Å². The third-order valence-corrected chi connectivity index (χ3v) is 8.98. The standard InChI is InChI=1S/C29H33Cl2N3O5S/c1-5-20(2)32-29(36)21(3)33(18-22-10-9-11-24(16-22)39-4)28(35)19-34(23-14-15-26(30)27(31)17-23)40(37,38)25-12-7-6-8-13-25/h6-17,20-21H,5,18-19H2,1-4H3,(H,32,36)/t20-,21-/m0/s1. The lowest BCUT2D eigenvalue weighted by Gasteiger charge is -2.32. The molecule has 0 aliphatic rings. The SMILES string of the molecule is CC[C@H](C)NC(=O)[C@H](C)N(Cc1cccc(OC)c1)C(=O)CN(c1ccc(Cl)c(Cl)c1)S(=O)(=O)c1ccccc1. The van der Waals surface area contributed by atoms with E-state index in [2.05, 4.69) is 5.32 Å². The molecule has 0 aliphatic carbocycles. The summed E-state index contributed by atoms with van der Waals surface area (Å²) in [4.78, 5) is 28.5. The molecule has 0 spiro atoms. The first-order chi connectivity index (χ1) is 19.0. The van der Waals surface area contributed by atoms with Crippen LogP contribution in [0.15, 0.2) is 77.7 Å². The molecule has 40 heavy (non-hydrogen) atoms. The van der Waals surface area contributed by atoms with Crippen molar-refractivity contribution in [1.29, 1.82) is 0 Å². The average Bonchev–Trinajstić information content (AvgIpc) is 2.96. The minimum absolute atomic E-state index is 0.00391. The number of sulfonamides is 1. The van der Waals surface area contributed by atoms with Gasteiger partial charge in [-0.3, -0.25) is 13.9 Å². The van der Waals surface area contributed by atoms with Crippen LogP contribution in [-0.4, -0.2) is 50.9 Å². The maximum absolute atomic E-state index is 14.0. The Labute approximate surface area is 245 Å². The van der Waals surface area contributed by atoms with E-state index < -0.39 is 28.5 Å². The summed E-state index contributed by atoms with van der Waals surface area (Å²) in [5.41, 5.74) is 0.868. The molecule has 3 rings (SSSR count). The van der Waals surface area contributed by atoms with E-state index in [1.54, 1.807) is 49.4 Å². The minimum atomic E-state index is -4.20. The normalized spacial score (nSPS) is 12.8. The van der Waals surface area contributed by atoms with Gasteiger partial charge in [-0.1, -0.05) is 60.5 Å². The van der Waals surface area contributed by atoms with E-state index in [-0.39, 0.29) is 39.1 Å². The van der Waals surface area contributed by atoms with Gasteiger partial charge in [0.15, 0.2) is 0 Å². The Kier molecular flexibility index (Phi) is 10.8. The number of anilines is 1. The number of hydrogen-bond donors (Lipinski definition) is 1. The molecule has 0 aliphatic heterocycles. The van der Waals surface area contributed by atoms with Gasteiger partial charge >= 0.3 is 0 Å². The van der Waals surface area contributed by atoms with Gasteiger partial charge in [0.2, 0.25) is 11.8 Å². The van der Waals surface area contributed by atoms with Gasteiger partial charge in [-0.2, -0.15) is 0 Å². The lowest BCUT2D eigenvalue weighted by Crippen LogP contribution is -2.52. The fourth-order valence-electron chi connectivity index (χ4n) is 3.90. The molecule has 0 heterocycles. The summed E-state index contributed by atoms with van der Waals surface area (Å²) in [6, 6.07) is 18.2. The smallest absolute Gasteiger partial charge is 0.264 e. The highest BCUT2D eigenvalue weighted by Gasteiger charge is 2.33. The van der Waals surface area contributed by atoms with Crippen molar-refractivity contribution in [3.63, 3.8) is 0 Å². The summed E-state index contributed by atoms with van der Waals surface area (Å²) in [5, 5.41) is 3.28. The van der Waals surface area contributed by atoms with Gasteiger partial charge in [-0.25, -0.2) is 8.42 Å². The highest BCUT2D eigenvalue weighted by Crippen LogP contribution is 2.31. The highest BCUT2D eigenvalue weighted by molar-refractivity contribution is 7.92. The molecule has 1 N–H and O–H groups in total. The van der Waals surface area contributed by atoms with Crippen molar-refractivity contribution in [2.24, 2.45) is 0 Å². The lowest BCUT2D eigenvalue weighted by molar-refractivity contribution is -0.139. The van der Waals surface area contributed by atoms with Crippen LogP contribution in [0.1, 0.15) is 32.8 Å². The Balaban J connectivity index is 2.05. The zero-order chi connectivity index (χ0) is 29.4. The second kappa shape index (κ2) is 13.9. The zero-order valence-electron chi connectivity index (χ0n) is 22.8. The van der Waals surface area contributed by atoms with Gasteiger partial charge in [0.25, 0.3) is 10.0 Å². The number of amides is 2. The van der Waals surface area contributed by atoms with Crippen LogP contribution in [-0.2, 0) is 26.2 Å². The van der Waals surface area contributed by atoms with Crippen LogP contribution in [0.2, 0.25) is 10.0 Å². The molecular formula is C29H33Cl2N3O5S. The molecule has 3 aromatic rings. The summed E-state index contributed by atoms with van der Waals surface area (Å²) in [7, 11) is -2.67. The third kappa shape index (κ3) is 7.68. The molecule has 0 radical (unpaired) electrons. The van der Waals surface area contributed by atoms with Gasteiger partial charge in [-0.15, -0.1) is 0 Å². The van der Waals surface area contributed by atoms with Crippen LogP contribution >= 0.6 is 23.2 Å². The van der Waals surface area contributed by atoms with E-state index >= 15 is 0 Å². The maximum Gasteiger partial charge on any atom is 0.264 e. The van der Waals surface area contributed by atoms with Gasteiger partial charge in [0.05, 0.1) is 27.7 Å². The van der Waals surface area contributed by atoms with Crippen LogP contribution < -0.4 is 14.4 Å². The fourth-order valence-corrected chi connectivity index (χ4v) is 5.62. The number of carbonyl (C=O) groups excluding carboxylic acids is 2. The van der Waals surface area contributed by atoms with Crippen molar-refractivity contribution in [2.75, 3.05) is 18.0 Å². The summed E-state index contributed by atoms with van der Waals surface area (Å²) < 4.78 is 33.9. The number of ether oxygens (including phenoxy) is 1. The number of carbonyl (C=O) groups is 2. The van der Waals surface area contributed by atoms with Gasteiger partial charge < -0.3 is 15.0 Å². The summed E-state index contributed by atoms with van der Waals surface area (Å²) in [6.07, 6.45) is 0.711. The van der Waals surface area contributed by atoms with Crippen molar-refractivity contribution in [3.8, 4) is 5.75 Å². The number of rotatable bonds is 12. The molecule has 11 heteroatoms. The number of methoxy groups -OCH3 is 1. The lowest BCUT2D eigenvalue weighted by atomic mass is 10.1. The largest absolute Gasteiger partial charge is 0.497 e. The van der Waals surface area contributed by atoms with Crippen LogP contribution in [0.25, 0.3) is 0 Å². The summed E-state index contributed by atoms with van der Waals surface area (Å²) in [5.74, 6) is -0.344. The molecular weight excluding hydrogens is 573 g/mol. The zero-order valence-corrected chi connectivity index (χ0v) is 25.1. The molecule has 8 nitrogen and oxygen atoms in total. The second-order valence-corrected chi connectivity index (χ2v) is 12.0. The average molecular weight is 607 g/mol.